The van der Waals surface area contributed by atoms with Crippen molar-refractivity contribution in [1.82, 2.24) is 0 Å². The molecular weight excluding hydrogens is 313 g/mol. The molecule has 0 saturated carbocycles. The van der Waals surface area contributed by atoms with Gasteiger partial charge in [-0.3, -0.25) is 0 Å². The zero-order valence-corrected chi connectivity index (χ0v) is 10.2. The average molecular weight is 320 g/mol. The van der Waals surface area contributed by atoms with E-state index >= 15 is 0 Å². The van der Waals surface area contributed by atoms with E-state index in [0.29, 0.717) is 0 Å². The van der Waals surface area contributed by atoms with Crippen LogP contribution < -0.4 is 9.09 Å². The molecule has 0 aromatic heterocycles. The quantitative estimate of drug-likeness (QED) is 0.751. The van der Waals surface area contributed by atoms with Crippen LogP contribution in [0.15, 0.2) is 36.4 Å². The molecule has 0 fully saturated rings. The summed E-state index contributed by atoms with van der Waals surface area (Å²) in [5.41, 5.74) is 4.00. The molecule has 0 bridgehead atoms. The van der Waals surface area contributed by atoms with Gasteiger partial charge in [0.05, 0.1) is 0 Å². The van der Waals surface area contributed by atoms with Gasteiger partial charge >= 0.3 is 93.0 Å². The second-order valence-corrected chi connectivity index (χ2v) is 7.96. The molecule has 0 saturated heterocycles. The summed E-state index contributed by atoms with van der Waals surface area (Å²) in [6.07, 6.45) is 0. The second kappa shape index (κ2) is 3.29. The Morgan fingerprint density at radius 1 is 1.14 bits per heavy atom. The molecule has 2 nitrogen and oxygen atoms in total. The molecule has 1 aliphatic heterocycles. The third kappa shape index (κ3) is 1.21. The SMILES string of the molecule is Cl[Te]1ONc2c1ccc1ccccc21. The van der Waals surface area contributed by atoms with Crippen molar-refractivity contribution in [3.05, 3.63) is 36.4 Å². The number of hydrogen-bond donors (Lipinski definition) is 1. The van der Waals surface area contributed by atoms with Crippen molar-refractivity contribution in [1.29, 1.82) is 0 Å². The summed E-state index contributed by atoms with van der Waals surface area (Å²) in [6, 6.07) is 12.4. The molecule has 0 amide bonds. The van der Waals surface area contributed by atoms with E-state index in [1.807, 2.05) is 12.1 Å². The molecule has 14 heavy (non-hydrogen) atoms. The summed E-state index contributed by atoms with van der Waals surface area (Å²) in [5.74, 6) is 0. The first-order valence-electron chi connectivity index (χ1n) is 4.22. The van der Waals surface area contributed by atoms with Crippen LogP contribution in [0.25, 0.3) is 10.8 Å². The van der Waals surface area contributed by atoms with Crippen molar-refractivity contribution in [2.24, 2.45) is 0 Å². The molecule has 71 valence electrons. The van der Waals surface area contributed by atoms with Gasteiger partial charge in [-0.2, -0.15) is 0 Å². The third-order valence-electron chi connectivity index (χ3n) is 2.28. The van der Waals surface area contributed by atoms with Crippen molar-refractivity contribution < 1.29 is 3.20 Å². The van der Waals surface area contributed by atoms with Gasteiger partial charge in [0.25, 0.3) is 0 Å². The Kier molecular flexibility index (Phi) is 2.07. The number of anilines is 1. The number of rotatable bonds is 0. The summed E-state index contributed by atoms with van der Waals surface area (Å²) in [7, 11) is 6.13. The molecule has 0 aliphatic carbocycles. The van der Waals surface area contributed by atoms with E-state index in [4.69, 9.17) is 12.2 Å². The molecular formula is C10H7ClNOTe. The Morgan fingerprint density at radius 2 is 2.00 bits per heavy atom. The fourth-order valence-corrected chi connectivity index (χ4v) is 4.78. The number of fused-ring (bicyclic) bond motifs is 3. The Morgan fingerprint density at radius 3 is 2.93 bits per heavy atom. The van der Waals surface area contributed by atoms with Gasteiger partial charge in [0.2, 0.25) is 0 Å². The van der Waals surface area contributed by atoms with Gasteiger partial charge in [0.1, 0.15) is 0 Å². The summed E-state index contributed by atoms with van der Waals surface area (Å²) in [5, 5.41) is 2.40. The Hall–Kier alpha value is -0.460. The Balaban J connectivity index is 2.38. The van der Waals surface area contributed by atoms with Crippen LogP contribution >= 0.6 is 8.96 Å². The van der Waals surface area contributed by atoms with Crippen LogP contribution in [0, 0.1) is 0 Å². The number of nitrogens with one attached hydrogen (secondary N) is 1. The summed E-state index contributed by atoms with van der Waals surface area (Å²) in [4.78, 5) is 0. The maximum absolute atomic E-state index is 6.13. The molecule has 2 aromatic carbocycles. The number of hydrogen-bond acceptors (Lipinski definition) is 2. The standard InChI is InChI=1S/C10H7ClNOTe/c11-14-9-6-5-7-3-1-2-4-8(7)10(9)12-13-14/h1-6,12H. The predicted molar refractivity (Wildman–Crippen MR) is 59.9 cm³/mol. The molecule has 1 N–H and O–H groups in total. The molecule has 3 rings (SSSR count). The summed E-state index contributed by atoms with van der Waals surface area (Å²) < 4.78 is 6.49. The third-order valence-corrected chi connectivity index (χ3v) is 6.43. The molecule has 0 atom stereocenters. The van der Waals surface area contributed by atoms with E-state index in [0.717, 1.165) is 5.69 Å². The van der Waals surface area contributed by atoms with Crippen molar-refractivity contribution in [2.75, 3.05) is 5.48 Å². The average Bonchev–Trinajstić information content (AvgIpc) is 2.61. The minimum atomic E-state index is -1.99. The van der Waals surface area contributed by atoms with Crippen LogP contribution in [0.2, 0.25) is 0 Å². The normalized spacial score (nSPS) is 15.5. The topological polar surface area (TPSA) is 21.3 Å². The van der Waals surface area contributed by atoms with Crippen LogP contribution in [-0.2, 0) is 3.20 Å². The van der Waals surface area contributed by atoms with Gasteiger partial charge in [-0.05, 0) is 0 Å². The molecule has 2 aromatic rings. The number of halogens is 1. The number of benzene rings is 2. The van der Waals surface area contributed by atoms with Crippen LogP contribution in [0.3, 0.4) is 0 Å². The van der Waals surface area contributed by atoms with Crippen LogP contribution in [0.4, 0.5) is 5.69 Å². The van der Waals surface area contributed by atoms with E-state index < -0.39 is 18.8 Å². The zero-order chi connectivity index (χ0) is 9.54. The molecule has 4 heteroatoms. The first kappa shape index (κ1) is 8.82. The van der Waals surface area contributed by atoms with E-state index in [9.17, 15) is 0 Å². The van der Waals surface area contributed by atoms with Crippen molar-refractivity contribution in [3.8, 4) is 0 Å². The summed E-state index contributed by atoms with van der Waals surface area (Å²) >= 11 is -1.99. The van der Waals surface area contributed by atoms with Crippen LogP contribution in [0.1, 0.15) is 0 Å². The van der Waals surface area contributed by atoms with Gasteiger partial charge in [-0.1, -0.05) is 0 Å². The molecule has 1 aliphatic rings. The van der Waals surface area contributed by atoms with Gasteiger partial charge in [-0.15, -0.1) is 0 Å². The van der Waals surface area contributed by atoms with Crippen molar-refractivity contribution in [2.45, 2.75) is 0 Å². The van der Waals surface area contributed by atoms with Crippen LogP contribution in [-0.4, -0.2) is 18.8 Å². The molecule has 0 unspecified atom stereocenters. The predicted octanol–water partition coefficient (Wildman–Crippen LogP) is 2.13. The molecule has 0 spiro atoms. The molecule has 1 radical (unpaired) electrons. The van der Waals surface area contributed by atoms with Gasteiger partial charge in [0, 0.05) is 0 Å². The minimum absolute atomic E-state index is 1.06. The van der Waals surface area contributed by atoms with Gasteiger partial charge < -0.3 is 0 Å². The fraction of sp³-hybridized carbons (Fsp3) is 0. The fourth-order valence-electron chi connectivity index (χ4n) is 1.61. The van der Waals surface area contributed by atoms with E-state index in [2.05, 4.69) is 29.7 Å². The Labute approximate surface area is 92.7 Å². The van der Waals surface area contributed by atoms with Crippen molar-refractivity contribution >= 4 is 47.9 Å². The van der Waals surface area contributed by atoms with Crippen molar-refractivity contribution in [3.63, 3.8) is 0 Å². The van der Waals surface area contributed by atoms with E-state index in [1.54, 1.807) is 0 Å². The Bertz CT molecular complexity index is 502. The zero-order valence-electron chi connectivity index (χ0n) is 7.16. The maximum atomic E-state index is 6.13. The van der Waals surface area contributed by atoms with E-state index in [-0.39, 0.29) is 0 Å². The van der Waals surface area contributed by atoms with E-state index in [1.165, 1.54) is 14.4 Å². The van der Waals surface area contributed by atoms with Crippen LogP contribution in [0.5, 0.6) is 0 Å². The first-order chi connectivity index (χ1) is 6.86. The molecule has 1 heterocycles. The first-order valence-corrected chi connectivity index (χ1v) is 9.28. The second-order valence-electron chi connectivity index (χ2n) is 3.07. The van der Waals surface area contributed by atoms with Gasteiger partial charge in [0.15, 0.2) is 0 Å². The monoisotopic (exact) mass is 322 g/mol. The van der Waals surface area contributed by atoms with Gasteiger partial charge in [-0.25, -0.2) is 0 Å². The summed E-state index contributed by atoms with van der Waals surface area (Å²) in [6.45, 7) is 0.